The fourth-order valence-electron chi connectivity index (χ4n) is 1.13. The van der Waals surface area contributed by atoms with Crippen molar-refractivity contribution in [1.29, 1.82) is 0 Å². The normalized spacial score (nSPS) is 10.2. The van der Waals surface area contributed by atoms with Gasteiger partial charge in [0.1, 0.15) is 0 Å². The van der Waals surface area contributed by atoms with Gasteiger partial charge in [-0.1, -0.05) is 0 Å². The zero-order valence-corrected chi connectivity index (χ0v) is 14.1. The van der Waals surface area contributed by atoms with Crippen molar-refractivity contribution in [2.45, 2.75) is 79.6 Å². The van der Waals surface area contributed by atoms with Gasteiger partial charge in [0.05, 0.1) is 0 Å². The van der Waals surface area contributed by atoms with Gasteiger partial charge in [0, 0.05) is 24.2 Å². The van der Waals surface area contributed by atoms with E-state index in [-0.39, 0.29) is 36.2 Å². The second-order valence-electron chi connectivity index (χ2n) is 5.85. The predicted molar refractivity (Wildman–Crippen MR) is 83.9 cm³/mol. The Kier molecular flexibility index (Phi) is 11.9. The third-order valence-electron chi connectivity index (χ3n) is 1.68. The summed E-state index contributed by atoms with van der Waals surface area (Å²) in [6.45, 7) is 15.4. The highest BCUT2D eigenvalue weighted by Gasteiger charge is 2.02. The van der Waals surface area contributed by atoms with Gasteiger partial charge in [-0.3, -0.25) is 0 Å². The highest BCUT2D eigenvalue weighted by molar-refractivity contribution is 5.74. The molecule has 0 atom stereocenters. The van der Waals surface area contributed by atoms with Crippen LogP contribution in [0, 0.1) is 0 Å². The maximum atomic E-state index is 10.8. The zero-order valence-electron chi connectivity index (χ0n) is 14.1. The number of hydrogen-bond donors (Lipinski definition) is 4. The van der Waals surface area contributed by atoms with Crippen molar-refractivity contribution in [2.75, 3.05) is 0 Å². The van der Waals surface area contributed by atoms with E-state index in [4.69, 9.17) is 0 Å². The Morgan fingerprint density at radius 1 is 0.500 bits per heavy atom. The van der Waals surface area contributed by atoms with Crippen molar-refractivity contribution >= 4 is 12.1 Å². The monoisotopic (exact) mass is 288 g/mol. The molecule has 0 spiro atoms. The van der Waals surface area contributed by atoms with Crippen LogP contribution in [-0.2, 0) is 0 Å². The molecule has 0 aromatic carbocycles. The molecular formula is C14H32N4O2. The number of nitrogens with one attached hydrogen (secondary N) is 4. The van der Waals surface area contributed by atoms with Gasteiger partial charge in [-0.2, -0.15) is 0 Å². The van der Waals surface area contributed by atoms with Crippen molar-refractivity contribution in [1.82, 2.24) is 21.3 Å². The minimum Gasteiger partial charge on any atom is -0.336 e. The molecule has 0 aliphatic heterocycles. The highest BCUT2D eigenvalue weighted by atomic mass is 16.2. The first-order valence-corrected chi connectivity index (χ1v) is 7.18. The number of carbonyl (C=O) groups excluding carboxylic acids is 2. The average Bonchev–Trinajstić information content (AvgIpc) is 2.11. The van der Waals surface area contributed by atoms with E-state index in [0.29, 0.717) is 0 Å². The standard InChI is InChI=1S/2C7H16N2O/c2*1-5(2)8-7(10)9-6(3)4/h2*5-6H,1-4H3,(H2,8,9,10). The van der Waals surface area contributed by atoms with Crippen LogP contribution in [0.1, 0.15) is 55.4 Å². The number of hydrogen-bond acceptors (Lipinski definition) is 2. The van der Waals surface area contributed by atoms with Crippen LogP contribution < -0.4 is 21.3 Å². The number of urea groups is 2. The average molecular weight is 288 g/mol. The lowest BCUT2D eigenvalue weighted by Gasteiger charge is -2.11. The largest absolute Gasteiger partial charge is 0.336 e. The van der Waals surface area contributed by atoms with Crippen LogP contribution in [0.5, 0.6) is 0 Å². The third-order valence-corrected chi connectivity index (χ3v) is 1.68. The summed E-state index contributed by atoms with van der Waals surface area (Å²) in [5, 5.41) is 10.9. The summed E-state index contributed by atoms with van der Waals surface area (Å²) in [5.74, 6) is 0. The molecule has 6 nitrogen and oxygen atoms in total. The predicted octanol–water partition coefficient (Wildman–Crippen LogP) is 2.20. The van der Waals surface area contributed by atoms with E-state index in [0.717, 1.165) is 0 Å². The summed E-state index contributed by atoms with van der Waals surface area (Å²) in [4.78, 5) is 21.7. The molecule has 0 rings (SSSR count). The van der Waals surface area contributed by atoms with Gasteiger partial charge in [0.15, 0.2) is 0 Å². The second-order valence-corrected chi connectivity index (χ2v) is 5.85. The number of carbonyl (C=O) groups is 2. The molecule has 0 saturated carbocycles. The van der Waals surface area contributed by atoms with E-state index in [1.54, 1.807) is 0 Å². The van der Waals surface area contributed by atoms with Gasteiger partial charge in [0.2, 0.25) is 0 Å². The minimum atomic E-state index is -0.0926. The van der Waals surface area contributed by atoms with Gasteiger partial charge < -0.3 is 21.3 Å². The minimum absolute atomic E-state index is 0.0926. The first-order chi connectivity index (χ1) is 9.04. The molecule has 0 fully saturated rings. The lowest BCUT2D eigenvalue weighted by molar-refractivity contribution is 0.235. The van der Waals surface area contributed by atoms with E-state index in [2.05, 4.69) is 21.3 Å². The Morgan fingerprint density at radius 2 is 0.650 bits per heavy atom. The van der Waals surface area contributed by atoms with Crippen LogP contribution in [0.2, 0.25) is 0 Å². The smallest absolute Gasteiger partial charge is 0.315 e. The Hall–Kier alpha value is -1.46. The van der Waals surface area contributed by atoms with Crippen molar-refractivity contribution in [3.63, 3.8) is 0 Å². The summed E-state index contributed by atoms with van der Waals surface area (Å²) in [6, 6.07) is 0.644. The Labute approximate surface area is 123 Å². The first kappa shape index (κ1) is 20.8. The molecule has 0 radical (unpaired) electrons. The molecule has 4 amide bonds. The van der Waals surface area contributed by atoms with Crippen LogP contribution >= 0.6 is 0 Å². The molecular weight excluding hydrogens is 256 g/mol. The van der Waals surface area contributed by atoms with Gasteiger partial charge in [-0.05, 0) is 55.4 Å². The summed E-state index contributed by atoms with van der Waals surface area (Å²) in [6.07, 6.45) is 0. The third kappa shape index (κ3) is 18.9. The molecule has 0 aromatic rings. The summed E-state index contributed by atoms with van der Waals surface area (Å²) in [7, 11) is 0. The molecule has 0 aromatic heterocycles. The van der Waals surface area contributed by atoms with E-state index >= 15 is 0 Å². The summed E-state index contributed by atoms with van der Waals surface area (Å²) in [5.41, 5.74) is 0. The lowest BCUT2D eigenvalue weighted by atomic mass is 10.4. The van der Waals surface area contributed by atoms with Crippen molar-refractivity contribution in [3.8, 4) is 0 Å². The van der Waals surface area contributed by atoms with E-state index in [9.17, 15) is 9.59 Å². The van der Waals surface area contributed by atoms with Gasteiger partial charge >= 0.3 is 12.1 Å². The number of amides is 4. The van der Waals surface area contributed by atoms with Crippen LogP contribution in [0.15, 0.2) is 0 Å². The maximum absolute atomic E-state index is 10.8. The fourth-order valence-corrected chi connectivity index (χ4v) is 1.13. The summed E-state index contributed by atoms with van der Waals surface area (Å²) < 4.78 is 0. The molecule has 0 unspecified atom stereocenters. The second kappa shape index (κ2) is 11.4. The molecule has 0 aliphatic rings. The Balaban J connectivity index is 0. The van der Waals surface area contributed by atoms with Crippen molar-refractivity contribution < 1.29 is 9.59 Å². The molecule has 6 heteroatoms. The van der Waals surface area contributed by atoms with E-state index in [1.165, 1.54) is 0 Å². The molecule has 0 heterocycles. The van der Waals surface area contributed by atoms with E-state index < -0.39 is 0 Å². The van der Waals surface area contributed by atoms with Crippen molar-refractivity contribution in [3.05, 3.63) is 0 Å². The van der Waals surface area contributed by atoms with E-state index in [1.807, 2.05) is 55.4 Å². The molecule has 20 heavy (non-hydrogen) atoms. The SMILES string of the molecule is CC(C)NC(=O)NC(C)C.CC(C)NC(=O)NC(C)C. The molecule has 4 N–H and O–H groups in total. The quantitative estimate of drug-likeness (QED) is 0.639. The van der Waals surface area contributed by atoms with Crippen molar-refractivity contribution in [2.24, 2.45) is 0 Å². The van der Waals surface area contributed by atoms with Gasteiger partial charge in [-0.25, -0.2) is 9.59 Å². The first-order valence-electron chi connectivity index (χ1n) is 7.18. The Morgan fingerprint density at radius 3 is 0.750 bits per heavy atom. The molecule has 0 saturated heterocycles. The Bertz CT molecular complexity index is 224. The van der Waals surface area contributed by atoms with Gasteiger partial charge in [-0.15, -0.1) is 0 Å². The molecule has 0 bridgehead atoms. The summed E-state index contributed by atoms with van der Waals surface area (Å²) >= 11 is 0. The van der Waals surface area contributed by atoms with Crippen LogP contribution in [0.25, 0.3) is 0 Å². The maximum Gasteiger partial charge on any atom is 0.315 e. The zero-order chi connectivity index (χ0) is 16.3. The van der Waals surface area contributed by atoms with Crippen LogP contribution in [0.4, 0.5) is 9.59 Å². The topological polar surface area (TPSA) is 82.3 Å². The lowest BCUT2D eigenvalue weighted by Crippen LogP contribution is -2.42. The highest BCUT2D eigenvalue weighted by Crippen LogP contribution is 1.80. The molecule has 120 valence electrons. The fraction of sp³-hybridized carbons (Fsp3) is 0.857. The number of rotatable bonds is 4. The molecule has 0 aliphatic carbocycles. The van der Waals surface area contributed by atoms with Crippen LogP contribution in [0.3, 0.4) is 0 Å². The van der Waals surface area contributed by atoms with Crippen LogP contribution in [-0.4, -0.2) is 36.2 Å². The van der Waals surface area contributed by atoms with Gasteiger partial charge in [0.25, 0.3) is 0 Å².